The molecule has 1 aliphatic rings. The summed E-state index contributed by atoms with van der Waals surface area (Å²) in [5.41, 5.74) is 3.72. The van der Waals surface area contributed by atoms with Gasteiger partial charge in [-0.3, -0.25) is 4.79 Å². The molecule has 1 aromatic heterocycles. The van der Waals surface area contributed by atoms with Crippen molar-refractivity contribution < 1.29 is 4.79 Å². The summed E-state index contributed by atoms with van der Waals surface area (Å²) in [6.07, 6.45) is 0. The van der Waals surface area contributed by atoms with Gasteiger partial charge in [-0.15, -0.1) is 0 Å². The molecule has 0 bridgehead atoms. The first kappa shape index (κ1) is 17.2. The molecular weight excluding hydrogens is 371 g/mol. The first-order chi connectivity index (χ1) is 12.5. The molecular formula is C19H18Cl2N4O. The van der Waals surface area contributed by atoms with Gasteiger partial charge in [0.2, 0.25) is 0 Å². The molecule has 0 aliphatic carbocycles. The third-order valence-electron chi connectivity index (χ3n) is 4.68. The molecule has 26 heavy (non-hydrogen) atoms. The summed E-state index contributed by atoms with van der Waals surface area (Å²) in [5, 5.41) is 0.858. The minimum absolute atomic E-state index is 0.0112. The van der Waals surface area contributed by atoms with Crippen molar-refractivity contribution in [2.75, 3.05) is 31.1 Å². The van der Waals surface area contributed by atoms with Gasteiger partial charge >= 0.3 is 0 Å². The van der Waals surface area contributed by atoms with Crippen LogP contribution in [0.15, 0.2) is 36.4 Å². The third-order valence-corrected chi connectivity index (χ3v) is 5.42. The van der Waals surface area contributed by atoms with E-state index in [0.29, 0.717) is 28.7 Å². The van der Waals surface area contributed by atoms with E-state index in [-0.39, 0.29) is 5.91 Å². The number of imidazole rings is 1. The van der Waals surface area contributed by atoms with Crippen LogP contribution in [0.5, 0.6) is 0 Å². The van der Waals surface area contributed by atoms with E-state index in [9.17, 15) is 4.79 Å². The number of nitrogens with zero attached hydrogens (tertiary/aromatic N) is 3. The molecule has 4 rings (SSSR count). The molecule has 0 radical (unpaired) electrons. The highest BCUT2D eigenvalue weighted by atomic mass is 35.5. The van der Waals surface area contributed by atoms with Crippen molar-refractivity contribution in [3.63, 3.8) is 0 Å². The molecule has 1 aliphatic heterocycles. The van der Waals surface area contributed by atoms with Gasteiger partial charge in [-0.2, -0.15) is 0 Å². The Morgan fingerprint density at radius 1 is 1.04 bits per heavy atom. The summed E-state index contributed by atoms with van der Waals surface area (Å²) in [4.78, 5) is 24.5. The van der Waals surface area contributed by atoms with Crippen molar-refractivity contribution >= 4 is 45.8 Å². The average Bonchev–Trinajstić information content (AvgIpc) is 3.02. The number of amides is 1. The van der Waals surface area contributed by atoms with Crippen molar-refractivity contribution in [1.29, 1.82) is 0 Å². The van der Waals surface area contributed by atoms with Gasteiger partial charge in [-0.25, -0.2) is 4.98 Å². The number of benzene rings is 2. The maximum Gasteiger partial charge on any atom is 0.254 e. The molecule has 1 N–H and O–H groups in total. The molecule has 1 amide bonds. The minimum atomic E-state index is -0.0112. The number of carbonyl (C=O) groups is 1. The molecule has 0 saturated carbocycles. The van der Waals surface area contributed by atoms with Gasteiger partial charge in [0.25, 0.3) is 5.91 Å². The zero-order valence-corrected chi connectivity index (χ0v) is 15.8. The second-order valence-electron chi connectivity index (χ2n) is 6.43. The highest BCUT2D eigenvalue weighted by molar-refractivity contribution is 6.42. The number of aromatic amines is 1. The topological polar surface area (TPSA) is 52.2 Å². The number of hydrogen-bond donors (Lipinski definition) is 1. The number of carbonyl (C=O) groups excluding carboxylic acids is 1. The number of H-pyrrole nitrogens is 1. The first-order valence-corrected chi connectivity index (χ1v) is 9.22. The second-order valence-corrected chi connectivity index (χ2v) is 7.25. The second kappa shape index (κ2) is 6.82. The van der Waals surface area contributed by atoms with Crippen LogP contribution < -0.4 is 4.90 Å². The lowest BCUT2D eigenvalue weighted by atomic mass is 10.1. The van der Waals surface area contributed by atoms with Gasteiger partial charge < -0.3 is 14.8 Å². The number of piperazine rings is 1. The Hall–Kier alpha value is -2.24. The summed E-state index contributed by atoms with van der Waals surface area (Å²) in [6.45, 7) is 4.85. The van der Waals surface area contributed by atoms with E-state index in [2.05, 4.69) is 27.0 Å². The number of aromatic nitrogens is 2. The number of halogens is 2. The van der Waals surface area contributed by atoms with Crippen LogP contribution >= 0.6 is 23.2 Å². The van der Waals surface area contributed by atoms with E-state index in [1.807, 2.05) is 17.9 Å². The summed E-state index contributed by atoms with van der Waals surface area (Å²) < 4.78 is 0. The molecule has 1 fully saturated rings. The van der Waals surface area contributed by atoms with Crippen LogP contribution in [0, 0.1) is 6.92 Å². The molecule has 0 atom stereocenters. The van der Waals surface area contributed by atoms with Crippen molar-refractivity contribution in [2.45, 2.75) is 6.92 Å². The van der Waals surface area contributed by atoms with Crippen LogP contribution in [0.2, 0.25) is 10.0 Å². The fourth-order valence-corrected chi connectivity index (χ4v) is 3.60. The average molecular weight is 389 g/mol. The smallest absolute Gasteiger partial charge is 0.254 e. The Morgan fingerprint density at radius 2 is 1.81 bits per heavy atom. The van der Waals surface area contributed by atoms with E-state index in [0.717, 1.165) is 35.6 Å². The minimum Gasteiger partial charge on any atom is -0.368 e. The van der Waals surface area contributed by atoms with Gasteiger partial charge in [0, 0.05) is 37.4 Å². The fourth-order valence-electron chi connectivity index (χ4n) is 3.30. The molecule has 5 nitrogen and oxygen atoms in total. The van der Waals surface area contributed by atoms with E-state index >= 15 is 0 Å². The van der Waals surface area contributed by atoms with E-state index < -0.39 is 0 Å². The van der Waals surface area contributed by atoms with E-state index in [4.69, 9.17) is 23.2 Å². The van der Waals surface area contributed by atoms with E-state index in [1.165, 1.54) is 0 Å². The van der Waals surface area contributed by atoms with Crippen LogP contribution in [0.1, 0.15) is 16.2 Å². The van der Waals surface area contributed by atoms with Crippen LogP contribution in [-0.2, 0) is 0 Å². The Balaban J connectivity index is 1.45. The van der Waals surface area contributed by atoms with Crippen LogP contribution in [-0.4, -0.2) is 47.0 Å². The Morgan fingerprint density at radius 3 is 2.54 bits per heavy atom. The van der Waals surface area contributed by atoms with Gasteiger partial charge in [0.05, 0.1) is 21.1 Å². The monoisotopic (exact) mass is 388 g/mol. The zero-order chi connectivity index (χ0) is 18.3. The predicted molar refractivity (Wildman–Crippen MR) is 105 cm³/mol. The van der Waals surface area contributed by atoms with Crippen molar-refractivity contribution in [2.24, 2.45) is 0 Å². The number of hydrogen-bond acceptors (Lipinski definition) is 3. The SMILES string of the molecule is Cc1nc2ccc(N3CCN(C(=O)c4ccc(Cl)c(Cl)c4)CC3)cc2[nH]1. The molecule has 0 spiro atoms. The highest BCUT2D eigenvalue weighted by Crippen LogP contribution is 2.25. The number of anilines is 1. The van der Waals surface area contributed by atoms with E-state index in [1.54, 1.807) is 18.2 Å². The van der Waals surface area contributed by atoms with Crippen molar-refractivity contribution in [3.05, 3.63) is 57.8 Å². The normalized spacial score (nSPS) is 14.9. The summed E-state index contributed by atoms with van der Waals surface area (Å²) in [5.74, 6) is 0.900. The lowest BCUT2D eigenvalue weighted by molar-refractivity contribution is 0.0747. The number of nitrogens with one attached hydrogen (secondary N) is 1. The van der Waals surface area contributed by atoms with Crippen molar-refractivity contribution in [3.8, 4) is 0 Å². The van der Waals surface area contributed by atoms with Crippen molar-refractivity contribution in [1.82, 2.24) is 14.9 Å². The molecule has 0 unspecified atom stereocenters. The first-order valence-electron chi connectivity index (χ1n) is 8.47. The maximum absolute atomic E-state index is 12.7. The largest absolute Gasteiger partial charge is 0.368 e. The lowest BCUT2D eigenvalue weighted by Gasteiger charge is -2.36. The Bertz CT molecular complexity index is 977. The van der Waals surface area contributed by atoms with Gasteiger partial charge in [0.1, 0.15) is 5.82 Å². The summed E-state index contributed by atoms with van der Waals surface area (Å²) in [6, 6.07) is 11.2. The zero-order valence-electron chi connectivity index (χ0n) is 14.3. The molecule has 1 saturated heterocycles. The van der Waals surface area contributed by atoms with Crippen LogP contribution in [0.3, 0.4) is 0 Å². The maximum atomic E-state index is 12.7. The highest BCUT2D eigenvalue weighted by Gasteiger charge is 2.23. The van der Waals surface area contributed by atoms with Gasteiger partial charge in [-0.05, 0) is 43.3 Å². The van der Waals surface area contributed by atoms with Gasteiger partial charge in [-0.1, -0.05) is 23.2 Å². The third kappa shape index (κ3) is 3.24. The fraction of sp³-hybridized carbons (Fsp3) is 0.263. The van der Waals surface area contributed by atoms with Crippen LogP contribution in [0.25, 0.3) is 11.0 Å². The quantitative estimate of drug-likeness (QED) is 0.717. The Kier molecular flexibility index (Phi) is 4.51. The van der Waals surface area contributed by atoms with Gasteiger partial charge in [0.15, 0.2) is 0 Å². The molecule has 3 aromatic rings. The standard InChI is InChI=1S/C19H18Cl2N4O/c1-12-22-17-5-3-14(11-18(17)23-12)24-6-8-25(9-7-24)19(26)13-2-4-15(20)16(21)10-13/h2-5,10-11H,6-9H2,1H3,(H,22,23). The summed E-state index contributed by atoms with van der Waals surface area (Å²) >= 11 is 12.0. The summed E-state index contributed by atoms with van der Waals surface area (Å²) in [7, 11) is 0. The van der Waals surface area contributed by atoms with Crippen LogP contribution in [0.4, 0.5) is 5.69 Å². The molecule has 2 aromatic carbocycles. The molecule has 134 valence electrons. The molecule has 7 heteroatoms. The lowest BCUT2D eigenvalue weighted by Crippen LogP contribution is -2.48. The molecule has 2 heterocycles. The number of aryl methyl sites for hydroxylation is 1. The predicted octanol–water partition coefficient (Wildman–Crippen LogP) is 4.14. The number of rotatable bonds is 2. The number of fused-ring (bicyclic) bond motifs is 1. The Labute approximate surface area is 161 Å².